The van der Waals surface area contributed by atoms with Crippen LogP contribution < -0.4 is 0 Å². The maximum atomic E-state index is 11.0. The third-order valence-corrected chi connectivity index (χ3v) is 4.76. The van der Waals surface area contributed by atoms with Crippen molar-refractivity contribution in [3.05, 3.63) is 29.6 Å². The maximum Gasteiger partial charge on any atom is 0.335 e. The quantitative estimate of drug-likeness (QED) is 0.931. The second kappa shape index (κ2) is 5.51. The van der Waals surface area contributed by atoms with Gasteiger partial charge in [-0.25, -0.2) is 9.78 Å². The summed E-state index contributed by atoms with van der Waals surface area (Å²) in [4.78, 5) is 15.6. The zero-order valence-electron chi connectivity index (χ0n) is 12.7. The topological polar surface area (TPSA) is 55.1 Å². The molecule has 3 rings (SSSR count). The van der Waals surface area contributed by atoms with E-state index < -0.39 is 5.97 Å². The highest BCUT2D eigenvalue weighted by Crippen LogP contribution is 2.30. The lowest BCUT2D eigenvalue weighted by Crippen LogP contribution is -2.18. The standard InChI is InChI=1S/C17H22N2O2/c1-11-3-5-13(6-4-11)10-19-12(2)18-15-9-14(17(20)21)7-8-16(15)19/h7-9,11,13H,3-6,10H2,1-2H3,(H,20,21). The molecule has 0 aliphatic heterocycles. The molecule has 0 bridgehead atoms. The molecule has 1 heterocycles. The molecule has 4 heteroatoms. The highest BCUT2D eigenvalue weighted by molar-refractivity contribution is 5.92. The highest BCUT2D eigenvalue weighted by atomic mass is 16.4. The smallest absolute Gasteiger partial charge is 0.335 e. The fourth-order valence-corrected chi connectivity index (χ4v) is 3.38. The molecule has 0 atom stereocenters. The Kier molecular flexibility index (Phi) is 3.70. The number of imidazole rings is 1. The number of carbonyl (C=O) groups is 1. The van der Waals surface area contributed by atoms with Crippen molar-refractivity contribution < 1.29 is 9.90 Å². The lowest BCUT2D eigenvalue weighted by molar-refractivity contribution is 0.0697. The molecule has 1 saturated carbocycles. The lowest BCUT2D eigenvalue weighted by Gasteiger charge is -2.27. The summed E-state index contributed by atoms with van der Waals surface area (Å²) in [6.07, 6.45) is 5.21. The number of carboxylic acids is 1. The van der Waals surface area contributed by atoms with Crippen molar-refractivity contribution in [3.63, 3.8) is 0 Å². The minimum Gasteiger partial charge on any atom is -0.478 e. The first-order chi connectivity index (χ1) is 10.0. The molecule has 0 saturated heterocycles. The average Bonchev–Trinajstić information content (AvgIpc) is 2.76. The Labute approximate surface area is 124 Å². The number of aryl methyl sites for hydroxylation is 1. The Balaban J connectivity index is 1.88. The predicted molar refractivity (Wildman–Crippen MR) is 82.6 cm³/mol. The molecule has 0 amide bonds. The Morgan fingerprint density at radius 3 is 2.71 bits per heavy atom. The van der Waals surface area contributed by atoms with Crippen molar-refractivity contribution >= 4 is 17.0 Å². The van der Waals surface area contributed by atoms with Gasteiger partial charge in [0.2, 0.25) is 0 Å². The van der Waals surface area contributed by atoms with Gasteiger partial charge in [-0.1, -0.05) is 19.8 Å². The Bertz CT molecular complexity index is 667. The third kappa shape index (κ3) is 2.80. The van der Waals surface area contributed by atoms with Crippen LogP contribution in [-0.4, -0.2) is 20.6 Å². The van der Waals surface area contributed by atoms with E-state index in [2.05, 4.69) is 16.5 Å². The number of benzene rings is 1. The molecule has 4 nitrogen and oxygen atoms in total. The molecule has 21 heavy (non-hydrogen) atoms. The molecule has 1 aliphatic carbocycles. The van der Waals surface area contributed by atoms with Crippen molar-refractivity contribution in [2.75, 3.05) is 0 Å². The van der Waals surface area contributed by atoms with Crippen LogP contribution in [0, 0.1) is 18.8 Å². The second-order valence-electron chi connectivity index (χ2n) is 6.40. The second-order valence-corrected chi connectivity index (χ2v) is 6.40. The van der Waals surface area contributed by atoms with Crippen LogP contribution >= 0.6 is 0 Å². The number of hydrogen-bond acceptors (Lipinski definition) is 2. The molecule has 1 aromatic heterocycles. The van der Waals surface area contributed by atoms with Crippen LogP contribution in [0.4, 0.5) is 0 Å². The van der Waals surface area contributed by atoms with Gasteiger partial charge in [-0.05, 0) is 49.8 Å². The molecule has 2 aromatic rings. The lowest BCUT2D eigenvalue weighted by atomic mass is 9.83. The summed E-state index contributed by atoms with van der Waals surface area (Å²) in [5.74, 6) is 1.66. The molecule has 0 spiro atoms. The van der Waals surface area contributed by atoms with E-state index in [1.807, 2.05) is 13.0 Å². The molecule has 1 aromatic carbocycles. The van der Waals surface area contributed by atoms with Gasteiger partial charge in [0.05, 0.1) is 16.6 Å². The molecule has 0 radical (unpaired) electrons. The van der Waals surface area contributed by atoms with Gasteiger partial charge in [0.25, 0.3) is 0 Å². The minimum absolute atomic E-state index is 0.304. The van der Waals surface area contributed by atoms with Gasteiger partial charge in [-0.15, -0.1) is 0 Å². The van der Waals surface area contributed by atoms with Crippen molar-refractivity contribution in [3.8, 4) is 0 Å². The number of rotatable bonds is 3. The first kappa shape index (κ1) is 14.1. The van der Waals surface area contributed by atoms with Crippen molar-refractivity contribution in [1.82, 2.24) is 9.55 Å². The minimum atomic E-state index is -0.898. The van der Waals surface area contributed by atoms with E-state index in [1.165, 1.54) is 25.7 Å². The van der Waals surface area contributed by atoms with Gasteiger partial charge in [0.1, 0.15) is 5.82 Å². The normalized spacial score (nSPS) is 22.6. The van der Waals surface area contributed by atoms with E-state index in [9.17, 15) is 4.79 Å². The third-order valence-electron chi connectivity index (χ3n) is 4.76. The summed E-state index contributed by atoms with van der Waals surface area (Å²) in [7, 11) is 0. The van der Waals surface area contributed by atoms with Crippen LogP contribution in [0.5, 0.6) is 0 Å². The van der Waals surface area contributed by atoms with Crippen LogP contribution in [0.3, 0.4) is 0 Å². The van der Waals surface area contributed by atoms with Gasteiger partial charge >= 0.3 is 5.97 Å². The Hall–Kier alpha value is -1.84. The number of nitrogens with zero attached hydrogens (tertiary/aromatic N) is 2. The van der Waals surface area contributed by atoms with Crippen LogP contribution in [0.15, 0.2) is 18.2 Å². The Morgan fingerprint density at radius 1 is 1.33 bits per heavy atom. The summed E-state index contributed by atoms with van der Waals surface area (Å²) in [5.41, 5.74) is 2.14. The number of carboxylic acid groups (broad SMARTS) is 1. The van der Waals surface area contributed by atoms with Gasteiger partial charge < -0.3 is 9.67 Å². The van der Waals surface area contributed by atoms with E-state index in [1.54, 1.807) is 12.1 Å². The fourth-order valence-electron chi connectivity index (χ4n) is 3.38. The van der Waals surface area contributed by atoms with Crippen LogP contribution in [0.25, 0.3) is 11.0 Å². The predicted octanol–water partition coefficient (Wildman–Crippen LogP) is 3.87. The molecule has 1 N–H and O–H groups in total. The zero-order valence-corrected chi connectivity index (χ0v) is 12.7. The van der Waals surface area contributed by atoms with Gasteiger partial charge in [-0.3, -0.25) is 0 Å². The molecular weight excluding hydrogens is 264 g/mol. The summed E-state index contributed by atoms with van der Waals surface area (Å²) < 4.78 is 2.25. The molecule has 1 aliphatic rings. The number of aromatic carboxylic acids is 1. The Morgan fingerprint density at radius 2 is 2.05 bits per heavy atom. The van der Waals surface area contributed by atoms with Crippen molar-refractivity contribution in [2.24, 2.45) is 11.8 Å². The number of hydrogen-bond donors (Lipinski definition) is 1. The summed E-state index contributed by atoms with van der Waals surface area (Å²) in [6.45, 7) is 5.34. The van der Waals surface area contributed by atoms with Crippen molar-refractivity contribution in [2.45, 2.75) is 46.1 Å². The van der Waals surface area contributed by atoms with Crippen LogP contribution in [0.1, 0.15) is 48.8 Å². The summed E-state index contributed by atoms with van der Waals surface area (Å²) in [6, 6.07) is 5.24. The van der Waals surface area contributed by atoms with E-state index in [4.69, 9.17) is 5.11 Å². The van der Waals surface area contributed by atoms with E-state index >= 15 is 0 Å². The number of fused-ring (bicyclic) bond motifs is 1. The monoisotopic (exact) mass is 286 g/mol. The molecule has 112 valence electrons. The maximum absolute atomic E-state index is 11.0. The number of aromatic nitrogens is 2. The average molecular weight is 286 g/mol. The highest BCUT2D eigenvalue weighted by Gasteiger charge is 2.20. The van der Waals surface area contributed by atoms with Gasteiger partial charge in [0.15, 0.2) is 0 Å². The van der Waals surface area contributed by atoms with Crippen LogP contribution in [0.2, 0.25) is 0 Å². The van der Waals surface area contributed by atoms with Crippen molar-refractivity contribution in [1.29, 1.82) is 0 Å². The van der Waals surface area contributed by atoms with Crippen LogP contribution in [-0.2, 0) is 6.54 Å². The molecular formula is C17H22N2O2. The van der Waals surface area contributed by atoms with E-state index in [-0.39, 0.29) is 0 Å². The van der Waals surface area contributed by atoms with Gasteiger partial charge in [0, 0.05) is 6.54 Å². The SMILES string of the molecule is Cc1nc2cc(C(=O)O)ccc2n1CC1CCC(C)CC1. The van der Waals surface area contributed by atoms with E-state index in [0.29, 0.717) is 5.56 Å². The van der Waals surface area contributed by atoms with E-state index in [0.717, 1.165) is 35.2 Å². The van der Waals surface area contributed by atoms with Gasteiger partial charge in [-0.2, -0.15) is 0 Å². The molecule has 1 fully saturated rings. The fraction of sp³-hybridized carbons (Fsp3) is 0.529. The zero-order chi connectivity index (χ0) is 15.0. The first-order valence-electron chi connectivity index (χ1n) is 7.75. The summed E-state index contributed by atoms with van der Waals surface area (Å²) >= 11 is 0. The first-order valence-corrected chi connectivity index (χ1v) is 7.75. The summed E-state index contributed by atoms with van der Waals surface area (Å²) in [5, 5.41) is 9.07. The molecule has 0 unspecified atom stereocenters. The largest absolute Gasteiger partial charge is 0.478 e.